The molecular formula is C25H32N4O3. The second kappa shape index (κ2) is 10.1. The topological polar surface area (TPSA) is 57.6 Å². The summed E-state index contributed by atoms with van der Waals surface area (Å²) in [5.74, 6) is 1.65. The number of hydrogen-bond donors (Lipinski definition) is 0. The van der Waals surface area contributed by atoms with Gasteiger partial charge in [0.15, 0.2) is 0 Å². The van der Waals surface area contributed by atoms with Crippen molar-refractivity contribution in [2.75, 3.05) is 53.5 Å². The molecule has 1 fully saturated rings. The van der Waals surface area contributed by atoms with Gasteiger partial charge in [-0.15, -0.1) is 0 Å². The second-order valence-corrected chi connectivity index (χ2v) is 8.22. The van der Waals surface area contributed by atoms with Gasteiger partial charge in [-0.2, -0.15) is 5.10 Å². The van der Waals surface area contributed by atoms with Gasteiger partial charge in [0.25, 0.3) is 5.91 Å². The van der Waals surface area contributed by atoms with Crippen LogP contribution in [0, 0.1) is 0 Å². The molecule has 2 aliphatic heterocycles. The molecule has 2 aromatic carbocycles. The van der Waals surface area contributed by atoms with E-state index in [2.05, 4.69) is 16.7 Å². The van der Waals surface area contributed by atoms with Gasteiger partial charge in [0.05, 0.1) is 32.5 Å². The Labute approximate surface area is 190 Å². The fourth-order valence-corrected chi connectivity index (χ4v) is 4.31. The van der Waals surface area contributed by atoms with Crippen molar-refractivity contribution >= 4 is 11.6 Å². The van der Waals surface area contributed by atoms with Gasteiger partial charge >= 0.3 is 0 Å². The molecule has 0 bridgehead atoms. The van der Waals surface area contributed by atoms with Crippen molar-refractivity contribution < 1.29 is 14.3 Å². The number of likely N-dealkylation sites (N-methyl/N-ethyl adjacent to an activating group) is 1. The highest BCUT2D eigenvalue weighted by Gasteiger charge is 2.34. The van der Waals surface area contributed by atoms with Gasteiger partial charge in [-0.1, -0.05) is 19.1 Å². The lowest BCUT2D eigenvalue weighted by Gasteiger charge is -2.34. The number of piperazine rings is 1. The molecule has 4 rings (SSSR count). The summed E-state index contributed by atoms with van der Waals surface area (Å²) in [7, 11) is 3.31. The first-order valence-corrected chi connectivity index (χ1v) is 11.2. The largest absolute Gasteiger partial charge is 0.497 e. The summed E-state index contributed by atoms with van der Waals surface area (Å²) in [6, 6.07) is 15.7. The van der Waals surface area contributed by atoms with Crippen molar-refractivity contribution in [3.8, 4) is 11.5 Å². The molecule has 1 saturated heterocycles. The highest BCUT2D eigenvalue weighted by molar-refractivity contribution is 6.03. The van der Waals surface area contributed by atoms with E-state index in [9.17, 15) is 4.79 Å². The maximum absolute atomic E-state index is 13.4. The SMILES string of the molecule is CCN1CCN(CC(=O)N2N=C(c3ccc(OC)cc3)C[C@@H]2c2ccc(OC)cc2)CC1. The molecular weight excluding hydrogens is 404 g/mol. The minimum atomic E-state index is -0.123. The van der Waals surface area contributed by atoms with Crippen molar-refractivity contribution in [3.05, 3.63) is 59.7 Å². The van der Waals surface area contributed by atoms with Crippen LogP contribution in [0.5, 0.6) is 11.5 Å². The van der Waals surface area contributed by atoms with Gasteiger partial charge in [0.2, 0.25) is 0 Å². The summed E-state index contributed by atoms with van der Waals surface area (Å²) in [5, 5.41) is 6.49. The van der Waals surface area contributed by atoms with Gasteiger partial charge in [-0.05, 0) is 54.1 Å². The smallest absolute Gasteiger partial charge is 0.257 e. The lowest BCUT2D eigenvalue weighted by molar-refractivity contribution is -0.134. The molecule has 1 amide bonds. The Morgan fingerprint density at radius 1 is 0.906 bits per heavy atom. The number of ether oxygens (including phenoxy) is 2. The Bertz CT molecular complexity index is 935. The zero-order valence-corrected chi connectivity index (χ0v) is 19.2. The van der Waals surface area contributed by atoms with Crippen LogP contribution in [0.15, 0.2) is 53.6 Å². The third-order valence-corrected chi connectivity index (χ3v) is 6.36. The van der Waals surface area contributed by atoms with Gasteiger partial charge < -0.3 is 14.4 Å². The van der Waals surface area contributed by atoms with Crippen LogP contribution < -0.4 is 9.47 Å². The molecule has 0 aliphatic carbocycles. The summed E-state index contributed by atoms with van der Waals surface area (Å²) in [6.07, 6.45) is 0.675. The lowest BCUT2D eigenvalue weighted by Crippen LogP contribution is -2.49. The van der Waals surface area contributed by atoms with E-state index in [0.717, 1.165) is 61.1 Å². The number of hydrogen-bond acceptors (Lipinski definition) is 6. The second-order valence-electron chi connectivity index (χ2n) is 8.22. The van der Waals surface area contributed by atoms with Crippen LogP contribution in [0.1, 0.15) is 30.5 Å². The van der Waals surface area contributed by atoms with Crippen molar-refractivity contribution in [3.63, 3.8) is 0 Å². The quantitative estimate of drug-likeness (QED) is 0.668. The van der Waals surface area contributed by atoms with E-state index in [0.29, 0.717) is 13.0 Å². The Balaban J connectivity index is 1.54. The molecule has 2 aromatic rings. The summed E-state index contributed by atoms with van der Waals surface area (Å²) in [6.45, 7) is 7.47. The fraction of sp³-hybridized carbons (Fsp3) is 0.440. The predicted octanol–water partition coefficient (Wildman–Crippen LogP) is 3.02. The van der Waals surface area contributed by atoms with E-state index < -0.39 is 0 Å². The summed E-state index contributed by atoms with van der Waals surface area (Å²) in [4.78, 5) is 18.0. The van der Waals surface area contributed by atoms with E-state index in [-0.39, 0.29) is 11.9 Å². The van der Waals surface area contributed by atoms with Crippen LogP contribution in [0.25, 0.3) is 0 Å². The molecule has 170 valence electrons. The molecule has 0 saturated carbocycles. The average Bonchev–Trinajstić information content (AvgIpc) is 3.30. The molecule has 7 nitrogen and oxygen atoms in total. The molecule has 2 heterocycles. The maximum Gasteiger partial charge on any atom is 0.257 e. The number of rotatable bonds is 7. The molecule has 32 heavy (non-hydrogen) atoms. The van der Waals surface area contributed by atoms with Crippen LogP contribution in [-0.4, -0.2) is 79.9 Å². The number of carbonyl (C=O) groups excluding carboxylic acids is 1. The van der Waals surface area contributed by atoms with Crippen molar-refractivity contribution in [1.29, 1.82) is 0 Å². The normalized spacial score (nSPS) is 19.7. The number of hydrazone groups is 1. The zero-order valence-electron chi connectivity index (χ0n) is 19.2. The van der Waals surface area contributed by atoms with E-state index in [1.807, 2.05) is 48.5 Å². The number of amides is 1. The first-order chi connectivity index (χ1) is 15.6. The van der Waals surface area contributed by atoms with Crippen molar-refractivity contribution in [2.45, 2.75) is 19.4 Å². The molecule has 2 aliphatic rings. The number of nitrogens with zero attached hydrogens (tertiary/aromatic N) is 4. The van der Waals surface area contributed by atoms with Crippen molar-refractivity contribution in [2.24, 2.45) is 5.10 Å². The third-order valence-electron chi connectivity index (χ3n) is 6.36. The lowest BCUT2D eigenvalue weighted by atomic mass is 9.98. The van der Waals surface area contributed by atoms with Gasteiger partial charge in [-0.3, -0.25) is 9.69 Å². The Morgan fingerprint density at radius 2 is 1.47 bits per heavy atom. The van der Waals surface area contributed by atoms with Gasteiger partial charge in [0, 0.05) is 32.6 Å². The summed E-state index contributed by atoms with van der Waals surface area (Å²) >= 11 is 0. The molecule has 0 N–H and O–H groups in total. The molecule has 0 radical (unpaired) electrons. The van der Waals surface area contributed by atoms with Crippen molar-refractivity contribution in [1.82, 2.24) is 14.8 Å². The van der Waals surface area contributed by atoms with Crippen LogP contribution >= 0.6 is 0 Å². The monoisotopic (exact) mass is 436 g/mol. The molecule has 1 atom stereocenters. The Hall–Kier alpha value is -2.90. The Morgan fingerprint density at radius 3 is 2.03 bits per heavy atom. The summed E-state index contributed by atoms with van der Waals surface area (Å²) in [5.41, 5.74) is 2.98. The third kappa shape index (κ3) is 4.95. The molecule has 0 spiro atoms. The zero-order chi connectivity index (χ0) is 22.5. The van der Waals surface area contributed by atoms with Crippen LogP contribution in [0.2, 0.25) is 0 Å². The van der Waals surface area contributed by atoms with E-state index in [1.54, 1.807) is 19.2 Å². The van der Waals surface area contributed by atoms with E-state index in [1.165, 1.54) is 0 Å². The Kier molecular flexibility index (Phi) is 7.07. The number of carbonyl (C=O) groups is 1. The first-order valence-electron chi connectivity index (χ1n) is 11.2. The minimum absolute atomic E-state index is 0.0410. The van der Waals surface area contributed by atoms with E-state index in [4.69, 9.17) is 14.6 Å². The summed E-state index contributed by atoms with van der Waals surface area (Å²) < 4.78 is 10.6. The van der Waals surface area contributed by atoms with Gasteiger partial charge in [-0.25, -0.2) is 5.01 Å². The highest BCUT2D eigenvalue weighted by Crippen LogP contribution is 2.34. The van der Waals surface area contributed by atoms with E-state index >= 15 is 0 Å². The highest BCUT2D eigenvalue weighted by atomic mass is 16.5. The predicted molar refractivity (Wildman–Crippen MR) is 125 cm³/mol. The fourth-order valence-electron chi connectivity index (χ4n) is 4.31. The number of methoxy groups -OCH3 is 2. The molecule has 0 aromatic heterocycles. The maximum atomic E-state index is 13.4. The first kappa shape index (κ1) is 22.3. The minimum Gasteiger partial charge on any atom is -0.497 e. The average molecular weight is 437 g/mol. The standard InChI is InChI=1S/C25H32N4O3/c1-4-27-13-15-28(16-14-27)18-25(30)29-24(20-7-11-22(32-3)12-8-20)17-23(26-29)19-5-9-21(31-2)10-6-19/h5-12,24H,4,13-18H2,1-3H3/t24-/m1/s1. The molecule has 7 heteroatoms. The molecule has 0 unspecified atom stereocenters. The number of benzene rings is 2. The van der Waals surface area contributed by atoms with Crippen LogP contribution in [0.3, 0.4) is 0 Å². The van der Waals surface area contributed by atoms with Crippen LogP contribution in [-0.2, 0) is 4.79 Å². The van der Waals surface area contributed by atoms with Gasteiger partial charge in [0.1, 0.15) is 11.5 Å². The van der Waals surface area contributed by atoms with Crippen LogP contribution in [0.4, 0.5) is 0 Å².